The molecule has 0 bridgehead atoms. The lowest BCUT2D eigenvalue weighted by Gasteiger charge is -2.20. The molecule has 2 unspecified atom stereocenters. The Balaban J connectivity index is 3.05. The van der Waals surface area contributed by atoms with Gasteiger partial charge in [0.05, 0.1) is 6.10 Å². The third-order valence-electron chi connectivity index (χ3n) is 2.20. The Morgan fingerprint density at radius 1 is 1.35 bits per heavy atom. The Morgan fingerprint density at radius 2 is 2.00 bits per heavy atom. The van der Waals surface area contributed by atoms with E-state index in [0.717, 1.165) is 12.3 Å². The molecule has 96 valence electrons. The highest BCUT2D eigenvalue weighted by Gasteiger charge is 2.37. The van der Waals surface area contributed by atoms with Crippen LogP contribution < -0.4 is 0 Å². The third-order valence-corrected chi connectivity index (χ3v) is 2.41. The van der Waals surface area contributed by atoms with Gasteiger partial charge in [0.1, 0.15) is 11.8 Å². The fourth-order valence-corrected chi connectivity index (χ4v) is 1.59. The van der Waals surface area contributed by atoms with Crippen LogP contribution in [0.4, 0.5) is 13.2 Å². The van der Waals surface area contributed by atoms with Crippen molar-refractivity contribution in [2.24, 2.45) is 0 Å². The van der Waals surface area contributed by atoms with Crippen molar-refractivity contribution in [3.63, 3.8) is 0 Å². The molecule has 0 saturated heterocycles. The van der Waals surface area contributed by atoms with E-state index in [2.05, 4.69) is 4.98 Å². The van der Waals surface area contributed by atoms with Crippen LogP contribution in [-0.2, 0) is 6.18 Å². The summed E-state index contributed by atoms with van der Waals surface area (Å²) in [7, 11) is 0. The molecule has 2 atom stereocenters. The minimum atomic E-state index is -4.67. The minimum absolute atomic E-state index is 0.00505. The first-order chi connectivity index (χ1) is 7.88. The average Bonchev–Trinajstić information content (AvgIpc) is 2.27. The zero-order valence-corrected chi connectivity index (χ0v) is 9.41. The summed E-state index contributed by atoms with van der Waals surface area (Å²) in [4.78, 5) is 3.18. The van der Waals surface area contributed by atoms with E-state index in [9.17, 15) is 23.4 Å². The molecular formula is C10H11ClF3NO2. The zero-order chi connectivity index (χ0) is 13.1. The zero-order valence-electron chi connectivity index (χ0n) is 8.65. The van der Waals surface area contributed by atoms with Gasteiger partial charge in [-0.2, -0.15) is 13.2 Å². The lowest BCUT2D eigenvalue weighted by atomic mass is 10.0. The topological polar surface area (TPSA) is 53.4 Å². The predicted molar refractivity (Wildman–Crippen MR) is 55.5 cm³/mol. The van der Waals surface area contributed by atoms with E-state index < -0.39 is 29.6 Å². The quantitative estimate of drug-likeness (QED) is 0.824. The van der Waals surface area contributed by atoms with Crippen LogP contribution in [-0.4, -0.2) is 27.2 Å². The highest BCUT2D eigenvalue weighted by atomic mass is 35.5. The number of hydrogen-bond acceptors (Lipinski definition) is 3. The molecule has 0 aliphatic carbocycles. The van der Waals surface area contributed by atoms with Crippen LogP contribution in [0, 0.1) is 0 Å². The predicted octanol–water partition coefficient (Wildman–Crippen LogP) is 2.12. The lowest BCUT2D eigenvalue weighted by Crippen LogP contribution is -2.23. The number of alkyl halides is 4. The van der Waals surface area contributed by atoms with E-state index in [1.807, 2.05) is 0 Å². The molecule has 0 fully saturated rings. The molecule has 7 heteroatoms. The molecule has 0 saturated carbocycles. The number of nitrogens with zero attached hydrogens (tertiary/aromatic N) is 1. The van der Waals surface area contributed by atoms with Gasteiger partial charge in [0.2, 0.25) is 0 Å². The Hall–Kier alpha value is -0.850. The van der Waals surface area contributed by atoms with E-state index in [0.29, 0.717) is 0 Å². The minimum Gasteiger partial charge on any atom is -0.390 e. The van der Waals surface area contributed by atoms with Crippen LogP contribution >= 0.6 is 11.6 Å². The fourth-order valence-electron chi connectivity index (χ4n) is 1.37. The summed E-state index contributed by atoms with van der Waals surface area (Å²) in [5, 5.41) is 19.0. The summed E-state index contributed by atoms with van der Waals surface area (Å²) < 4.78 is 37.7. The molecule has 0 amide bonds. The second kappa shape index (κ2) is 5.66. The van der Waals surface area contributed by atoms with Crippen molar-refractivity contribution >= 4 is 11.6 Å². The number of aliphatic hydroxyl groups excluding tert-OH is 2. The Morgan fingerprint density at radius 3 is 2.53 bits per heavy atom. The summed E-state index contributed by atoms with van der Waals surface area (Å²) in [6.45, 7) is 0. The van der Waals surface area contributed by atoms with E-state index in [-0.39, 0.29) is 12.3 Å². The monoisotopic (exact) mass is 269 g/mol. The second-order valence-corrected chi connectivity index (χ2v) is 3.81. The molecule has 0 aromatic carbocycles. The van der Waals surface area contributed by atoms with Crippen LogP contribution in [0.2, 0.25) is 0 Å². The van der Waals surface area contributed by atoms with Gasteiger partial charge in [-0.1, -0.05) is 6.07 Å². The van der Waals surface area contributed by atoms with Crippen molar-refractivity contribution in [1.29, 1.82) is 0 Å². The third kappa shape index (κ3) is 3.55. The Labute approximate surface area is 101 Å². The number of halogens is 4. The molecule has 1 aromatic heterocycles. The standard InChI is InChI=1S/C10H11ClF3NO2/c11-4-3-7(16)8(17)6-2-1-5-15-9(6)10(12,13)14/h1-2,5,7-8,16-17H,3-4H2. The van der Waals surface area contributed by atoms with E-state index in [1.54, 1.807) is 0 Å². The van der Waals surface area contributed by atoms with Crippen LogP contribution in [0.1, 0.15) is 23.8 Å². The van der Waals surface area contributed by atoms with Crippen LogP contribution in [0.5, 0.6) is 0 Å². The lowest BCUT2D eigenvalue weighted by molar-refractivity contribution is -0.143. The molecule has 0 radical (unpaired) electrons. The van der Waals surface area contributed by atoms with Gasteiger partial charge in [-0.3, -0.25) is 4.98 Å². The normalized spacial score (nSPS) is 15.6. The van der Waals surface area contributed by atoms with E-state index in [1.165, 1.54) is 6.07 Å². The molecule has 0 aliphatic heterocycles. The van der Waals surface area contributed by atoms with Gasteiger partial charge >= 0.3 is 6.18 Å². The Bertz CT molecular complexity index is 373. The SMILES string of the molecule is OC(CCCl)C(O)c1cccnc1C(F)(F)F. The summed E-state index contributed by atoms with van der Waals surface area (Å²) in [5.74, 6) is 0.0415. The van der Waals surface area contributed by atoms with Gasteiger partial charge in [0, 0.05) is 17.6 Å². The van der Waals surface area contributed by atoms with Crippen LogP contribution in [0.25, 0.3) is 0 Å². The number of hydrogen-bond donors (Lipinski definition) is 2. The molecule has 1 heterocycles. The first kappa shape index (κ1) is 14.2. The highest BCUT2D eigenvalue weighted by Crippen LogP contribution is 2.34. The van der Waals surface area contributed by atoms with E-state index >= 15 is 0 Å². The molecule has 1 aromatic rings. The maximum atomic E-state index is 12.6. The average molecular weight is 270 g/mol. The summed E-state index contributed by atoms with van der Waals surface area (Å²) >= 11 is 5.35. The summed E-state index contributed by atoms with van der Waals surface area (Å²) in [6.07, 6.45) is -6.70. The van der Waals surface area contributed by atoms with Crippen LogP contribution in [0.15, 0.2) is 18.3 Å². The molecule has 0 spiro atoms. The van der Waals surface area contributed by atoms with Crippen molar-refractivity contribution in [2.75, 3.05) is 5.88 Å². The first-order valence-corrected chi connectivity index (χ1v) is 5.35. The molecule has 17 heavy (non-hydrogen) atoms. The van der Waals surface area contributed by atoms with Crippen molar-refractivity contribution in [1.82, 2.24) is 4.98 Å². The fraction of sp³-hybridized carbons (Fsp3) is 0.500. The molecule has 2 N–H and O–H groups in total. The van der Waals surface area contributed by atoms with Crippen LogP contribution in [0.3, 0.4) is 0 Å². The van der Waals surface area contributed by atoms with Crippen molar-refractivity contribution in [3.8, 4) is 0 Å². The van der Waals surface area contributed by atoms with E-state index in [4.69, 9.17) is 11.6 Å². The second-order valence-electron chi connectivity index (χ2n) is 3.43. The van der Waals surface area contributed by atoms with Gasteiger partial charge in [-0.15, -0.1) is 11.6 Å². The largest absolute Gasteiger partial charge is 0.433 e. The van der Waals surface area contributed by atoms with Crippen molar-refractivity contribution in [2.45, 2.75) is 24.8 Å². The number of pyridine rings is 1. The molecular weight excluding hydrogens is 259 g/mol. The number of rotatable bonds is 4. The molecule has 3 nitrogen and oxygen atoms in total. The summed E-state index contributed by atoms with van der Waals surface area (Å²) in [6, 6.07) is 2.35. The van der Waals surface area contributed by atoms with Gasteiger partial charge < -0.3 is 10.2 Å². The van der Waals surface area contributed by atoms with Crippen molar-refractivity contribution in [3.05, 3.63) is 29.6 Å². The summed E-state index contributed by atoms with van der Waals surface area (Å²) in [5.41, 5.74) is -1.64. The van der Waals surface area contributed by atoms with Gasteiger partial charge in [0.25, 0.3) is 0 Å². The maximum Gasteiger partial charge on any atom is 0.433 e. The molecule has 1 rings (SSSR count). The van der Waals surface area contributed by atoms with Crippen molar-refractivity contribution < 1.29 is 23.4 Å². The first-order valence-electron chi connectivity index (χ1n) is 4.82. The number of aliphatic hydroxyl groups is 2. The smallest absolute Gasteiger partial charge is 0.390 e. The Kier molecular flexibility index (Phi) is 4.73. The van der Waals surface area contributed by atoms with Gasteiger partial charge in [-0.05, 0) is 12.5 Å². The van der Waals surface area contributed by atoms with Gasteiger partial charge in [0.15, 0.2) is 0 Å². The number of aromatic nitrogens is 1. The maximum absolute atomic E-state index is 12.6. The highest BCUT2D eigenvalue weighted by molar-refractivity contribution is 6.17. The molecule has 0 aliphatic rings. The van der Waals surface area contributed by atoms with Gasteiger partial charge in [-0.25, -0.2) is 0 Å².